The van der Waals surface area contributed by atoms with Gasteiger partial charge in [0, 0.05) is 13.2 Å². The summed E-state index contributed by atoms with van der Waals surface area (Å²) < 4.78 is 10.8. The van der Waals surface area contributed by atoms with Gasteiger partial charge >= 0.3 is 0 Å². The summed E-state index contributed by atoms with van der Waals surface area (Å²) in [5, 5.41) is 0. The van der Waals surface area contributed by atoms with E-state index in [1.54, 1.807) is 0 Å². The van der Waals surface area contributed by atoms with E-state index in [0.717, 1.165) is 32.8 Å². The van der Waals surface area contributed by atoms with Crippen LogP contribution in [-0.4, -0.2) is 26.4 Å². The van der Waals surface area contributed by atoms with Gasteiger partial charge in [0.1, 0.15) is 0 Å². The van der Waals surface area contributed by atoms with Gasteiger partial charge in [-0.25, -0.2) is 0 Å². The van der Waals surface area contributed by atoms with Gasteiger partial charge in [-0.1, -0.05) is 33.6 Å². The highest BCUT2D eigenvalue weighted by Crippen LogP contribution is 2.07. The van der Waals surface area contributed by atoms with Crippen LogP contribution < -0.4 is 0 Å². The Labute approximate surface area is 89.0 Å². The molecule has 2 heteroatoms. The van der Waals surface area contributed by atoms with Gasteiger partial charge in [-0.2, -0.15) is 0 Å². The second kappa shape index (κ2) is 11.0. The zero-order chi connectivity index (χ0) is 10.6. The third kappa shape index (κ3) is 10.0. The van der Waals surface area contributed by atoms with Crippen LogP contribution in [0.25, 0.3) is 0 Å². The minimum atomic E-state index is 0.695. The summed E-state index contributed by atoms with van der Waals surface area (Å²) in [5.74, 6) is 0.695. The van der Waals surface area contributed by atoms with Crippen molar-refractivity contribution in [2.24, 2.45) is 5.92 Å². The average Bonchev–Trinajstić information content (AvgIpc) is 2.20. The highest BCUT2D eigenvalue weighted by atomic mass is 16.5. The van der Waals surface area contributed by atoms with E-state index in [0.29, 0.717) is 5.92 Å². The van der Waals surface area contributed by atoms with E-state index in [1.165, 1.54) is 19.3 Å². The SMILES string of the molecule is CCCCC(C)COCCOCCC. The largest absolute Gasteiger partial charge is 0.379 e. The molecule has 1 unspecified atom stereocenters. The number of hydrogen-bond acceptors (Lipinski definition) is 2. The van der Waals surface area contributed by atoms with E-state index in [-0.39, 0.29) is 0 Å². The van der Waals surface area contributed by atoms with E-state index in [1.807, 2.05) is 0 Å². The van der Waals surface area contributed by atoms with Gasteiger partial charge in [0.05, 0.1) is 13.2 Å². The van der Waals surface area contributed by atoms with E-state index < -0.39 is 0 Å². The van der Waals surface area contributed by atoms with Gasteiger partial charge in [-0.15, -0.1) is 0 Å². The number of ether oxygens (including phenoxy) is 2. The molecule has 2 nitrogen and oxygen atoms in total. The number of hydrogen-bond donors (Lipinski definition) is 0. The van der Waals surface area contributed by atoms with Gasteiger partial charge in [0.15, 0.2) is 0 Å². The van der Waals surface area contributed by atoms with E-state index >= 15 is 0 Å². The molecule has 0 aliphatic heterocycles. The van der Waals surface area contributed by atoms with Gasteiger partial charge in [0.2, 0.25) is 0 Å². The van der Waals surface area contributed by atoms with Crippen molar-refractivity contribution in [3.8, 4) is 0 Å². The molecule has 86 valence electrons. The maximum absolute atomic E-state index is 5.51. The molecule has 0 saturated carbocycles. The molecule has 0 radical (unpaired) electrons. The fourth-order valence-electron chi connectivity index (χ4n) is 1.28. The van der Waals surface area contributed by atoms with Crippen LogP contribution in [0, 0.1) is 5.92 Å². The molecule has 0 heterocycles. The summed E-state index contributed by atoms with van der Waals surface area (Å²) in [5.41, 5.74) is 0. The fraction of sp³-hybridized carbons (Fsp3) is 1.00. The van der Waals surface area contributed by atoms with Crippen LogP contribution in [0.1, 0.15) is 46.5 Å². The molecular formula is C12H26O2. The Kier molecular flexibility index (Phi) is 10.9. The van der Waals surface area contributed by atoms with Gasteiger partial charge in [-0.05, 0) is 18.8 Å². The highest BCUT2D eigenvalue weighted by Gasteiger charge is 2.00. The first-order valence-corrected chi connectivity index (χ1v) is 5.96. The normalized spacial score (nSPS) is 13.1. The van der Waals surface area contributed by atoms with Crippen molar-refractivity contribution >= 4 is 0 Å². The smallest absolute Gasteiger partial charge is 0.0700 e. The molecule has 0 spiro atoms. The molecule has 0 aliphatic carbocycles. The predicted molar refractivity (Wildman–Crippen MR) is 60.6 cm³/mol. The molecule has 0 bridgehead atoms. The maximum Gasteiger partial charge on any atom is 0.0700 e. The number of rotatable bonds is 10. The van der Waals surface area contributed by atoms with Crippen LogP contribution in [0.5, 0.6) is 0 Å². The number of unbranched alkanes of at least 4 members (excludes halogenated alkanes) is 1. The monoisotopic (exact) mass is 202 g/mol. The minimum absolute atomic E-state index is 0.695. The molecule has 0 rings (SSSR count). The maximum atomic E-state index is 5.51. The van der Waals surface area contributed by atoms with Gasteiger partial charge in [-0.3, -0.25) is 0 Å². The lowest BCUT2D eigenvalue weighted by Crippen LogP contribution is -2.10. The summed E-state index contributed by atoms with van der Waals surface area (Å²) in [6, 6.07) is 0. The molecule has 0 saturated heterocycles. The Morgan fingerprint density at radius 2 is 1.64 bits per heavy atom. The molecule has 0 aromatic rings. The molecule has 1 atom stereocenters. The van der Waals surface area contributed by atoms with Gasteiger partial charge < -0.3 is 9.47 Å². The summed E-state index contributed by atoms with van der Waals surface area (Å²) in [4.78, 5) is 0. The molecule has 0 N–H and O–H groups in total. The van der Waals surface area contributed by atoms with Crippen molar-refractivity contribution in [3.05, 3.63) is 0 Å². The first-order chi connectivity index (χ1) is 6.81. The van der Waals surface area contributed by atoms with Crippen LogP contribution in [-0.2, 0) is 9.47 Å². The standard InChI is InChI=1S/C12H26O2/c1-4-6-7-12(3)11-14-10-9-13-8-5-2/h12H,4-11H2,1-3H3. The third-order valence-electron chi connectivity index (χ3n) is 2.17. The van der Waals surface area contributed by atoms with E-state index in [9.17, 15) is 0 Å². The highest BCUT2D eigenvalue weighted by molar-refractivity contribution is 4.50. The fourth-order valence-corrected chi connectivity index (χ4v) is 1.28. The molecule has 14 heavy (non-hydrogen) atoms. The quantitative estimate of drug-likeness (QED) is 0.506. The lowest BCUT2D eigenvalue weighted by molar-refractivity contribution is 0.0345. The Morgan fingerprint density at radius 3 is 2.29 bits per heavy atom. The van der Waals surface area contributed by atoms with Crippen LogP contribution in [0.4, 0.5) is 0 Å². The van der Waals surface area contributed by atoms with Crippen LogP contribution >= 0.6 is 0 Å². The topological polar surface area (TPSA) is 18.5 Å². The molecule has 0 amide bonds. The van der Waals surface area contributed by atoms with Crippen molar-refractivity contribution < 1.29 is 9.47 Å². The first-order valence-electron chi connectivity index (χ1n) is 5.96. The van der Waals surface area contributed by atoms with E-state index in [4.69, 9.17) is 9.47 Å². The van der Waals surface area contributed by atoms with Crippen molar-refractivity contribution in [2.45, 2.75) is 46.5 Å². The lowest BCUT2D eigenvalue weighted by Gasteiger charge is -2.11. The Morgan fingerprint density at radius 1 is 0.929 bits per heavy atom. The second-order valence-corrected chi connectivity index (χ2v) is 3.93. The summed E-state index contributed by atoms with van der Waals surface area (Å²) in [6.45, 7) is 9.83. The minimum Gasteiger partial charge on any atom is -0.379 e. The molecular weight excluding hydrogens is 176 g/mol. The van der Waals surface area contributed by atoms with Crippen LogP contribution in [0.2, 0.25) is 0 Å². The Balaban J connectivity index is 3.02. The second-order valence-electron chi connectivity index (χ2n) is 3.93. The third-order valence-corrected chi connectivity index (χ3v) is 2.17. The summed E-state index contributed by atoms with van der Waals surface area (Å²) in [6.07, 6.45) is 4.97. The molecule has 0 aromatic heterocycles. The first kappa shape index (κ1) is 13.9. The van der Waals surface area contributed by atoms with Crippen LogP contribution in [0.15, 0.2) is 0 Å². The summed E-state index contributed by atoms with van der Waals surface area (Å²) >= 11 is 0. The Bertz CT molecular complexity index is 104. The molecule has 0 aliphatic rings. The average molecular weight is 202 g/mol. The van der Waals surface area contributed by atoms with Crippen molar-refractivity contribution in [2.75, 3.05) is 26.4 Å². The lowest BCUT2D eigenvalue weighted by atomic mass is 10.1. The molecule has 0 fully saturated rings. The Hall–Kier alpha value is -0.0800. The zero-order valence-corrected chi connectivity index (χ0v) is 10.1. The summed E-state index contributed by atoms with van der Waals surface area (Å²) in [7, 11) is 0. The van der Waals surface area contributed by atoms with E-state index in [2.05, 4.69) is 20.8 Å². The predicted octanol–water partition coefficient (Wildman–Crippen LogP) is 3.26. The van der Waals surface area contributed by atoms with Crippen LogP contribution in [0.3, 0.4) is 0 Å². The van der Waals surface area contributed by atoms with Crippen molar-refractivity contribution in [1.82, 2.24) is 0 Å². The molecule has 0 aromatic carbocycles. The zero-order valence-electron chi connectivity index (χ0n) is 10.1. The van der Waals surface area contributed by atoms with Gasteiger partial charge in [0.25, 0.3) is 0 Å². The van der Waals surface area contributed by atoms with Crippen molar-refractivity contribution in [1.29, 1.82) is 0 Å². The van der Waals surface area contributed by atoms with Crippen molar-refractivity contribution in [3.63, 3.8) is 0 Å².